The van der Waals surface area contributed by atoms with Crippen molar-refractivity contribution in [2.24, 2.45) is 0 Å². The molecule has 1 fully saturated rings. The lowest BCUT2D eigenvalue weighted by atomic mass is 9.82. The van der Waals surface area contributed by atoms with E-state index in [0.29, 0.717) is 18.7 Å². The third-order valence-electron chi connectivity index (χ3n) is 7.22. The number of likely N-dealkylation sites (tertiary alicyclic amines) is 1. The van der Waals surface area contributed by atoms with Gasteiger partial charge in [0, 0.05) is 38.4 Å². The van der Waals surface area contributed by atoms with Crippen LogP contribution < -0.4 is 15.5 Å². The van der Waals surface area contributed by atoms with Gasteiger partial charge in [-0.15, -0.1) is 0 Å². The second-order valence-electron chi connectivity index (χ2n) is 9.85. The van der Waals surface area contributed by atoms with Crippen molar-refractivity contribution in [2.75, 3.05) is 37.5 Å². The van der Waals surface area contributed by atoms with Gasteiger partial charge in [-0.1, -0.05) is 11.6 Å². The van der Waals surface area contributed by atoms with E-state index < -0.39 is 47.6 Å². The maximum atomic E-state index is 15.3. The molecule has 0 bridgehead atoms. The zero-order chi connectivity index (χ0) is 29.2. The molecule has 0 aromatic heterocycles. The summed E-state index contributed by atoms with van der Waals surface area (Å²) in [7, 11) is 2.86. The van der Waals surface area contributed by atoms with Gasteiger partial charge in [0.2, 0.25) is 5.91 Å². The van der Waals surface area contributed by atoms with Gasteiger partial charge in [-0.2, -0.15) is 0 Å². The third-order valence-corrected chi connectivity index (χ3v) is 7.51. The van der Waals surface area contributed by atoms with E-state index in [0.717, 1.165) is 4.90 Å². The van der Waals surface area contributed by atoms with E-state index in [1.807, 2.05) is 0 Å². The number of carbonyl (C=O) groups is 4. The molecule has 11 nitrogen and oxygen atoms in total. The summed E-state index contributed by atoms with van der Waals surface area (Å²) in [6.07, 6.45) is -1.49. The van der Waals surface area contributed by atoms with Gasteiger partial charge in [0.25, 0.3) is 5.91 Å². The first-order valence-electron chi connectivity index (χ1n) is 12.6. The summed E-state index contributed by atoms with van der Waals surface area (Å²) in [5.74, 6) is -1.73. The summed E-state index contributed by atoms with van der Waals surface area (Å²) in [6.45, 7) is 1.92. The highest BCUT2D eigenvalue weighted by molar-refractivity contribution is 6.31. The lowest BCUT2D eigenvalue weighted by molar-refractivity contribution is -0.142. The van der Waals surface area contributed by atoms with Crippen LogP contribution in [-0.2, 0) is 19.9 Å². The van der Waals surface area contributed by atoms with E-state index in [-0.39, 0.29) is 41.2 Å². The second kappa shape index (κ2) is 11.7. The molecule has 13 heteroatoms. The molecule has 2 heterocycles. The first-order chi connectivity index (χ1) is 19.0. The van der Waals surface area contributed by atoms with Crippen LogP contribution in [0.3, 0.4) is 0 Å². The van der Waals surface area contributed by atoms with Crippen molar-refractivity contribution in [1.82, 2.24) is 10.2 Å². The molecule has 2 aromatic rings. The average molecular weight is 577 g/mol. The number of carbonyl (C=O) groups excluding carboxylic acids is 3. The van der Waals surface area contributed by atoms with Crippen LogP contribution in [0.15, 0.2) is 36.4 Å². The lowest BCUT2D eigenvalue weighted by Crippen LogP contribution is -2.57. The minimum absolute atomic E-state index is 0.0781. The zero-order valence-corrected chi connectivity index (χ0v) is 23.0. The minimum atomic E-state index is -1.45. The topological polar surface area (TPSA) is 138 Å². The lowest BCUT2D eigenvalue weighted by Gasteiger charge is -2.45. The number of hydrogen-bond donors (Lipinski definition) is 3. The van der Waals surface area contributed by atoms with Gasteiger partial charge in [0.05, 0.1) is 28.9 Å². The predicted molar refractivity (Wildman–Crippen MR) is 144 cm³/mol. The third kappa shape index (κ3) is 5.82. The van der Waals surface area contributed by atoms with Crippen molar-refractivity contribution in [3.05, 3.63) is 58.4 Å². The number of rotatable bonds is 7. The number of nitrogens with one attached hydrogen (secondary N) is 2. The number of anilines is 2. The standard InChI is InChI=1S/C27H30ClFN4O7/c1-15(39-3)13-20(30-23(34)16-5-7-17(8-6-16)32(2)26(37)38)24(35)33-12-4-11-27(14-33)21-19(31-25(36)40-27)10-9-18(28)22(21)29/h5-10,15,20H,4,11-14H2,1-3H3,(H,30,34)(H,31,36)(H,37,38)/t15-,20-,27-/m0/s1. The number of piperidine rings is 1. The molecule has 40 heavy (non-hydrogen) atoms. The van der Waals surface area contributed by atoms with Crippen molar-refractivity contribution in [3.63, 3.8) is 0 Å². The van der Waals surface area contributed by atoms with Crippen molar-refractivity contribution in [2.45, 2.75) is 43.9 Å². The number of carboxylic acid groups (broad SMARTS) is 1. The molecule has 4 amide bonds. The molecular formula is C27H30ClFN4O7. The van der Waals surface area contributed by atoms with Crippen molar-refractivity contribution in [1.29, 1.82) is 0 Å². The molecule has 0 radical (unpaired) electrons. The number of benzene rings is 2. The highest BCUT2D eigenvalue weighted by Crippen LogP contribution is 2.45. The molecule has 2 aliphatic heterocycles. The number of halogens is 2. The smallest absolute Gasteiger partial charge is 0.412 e. The molecule has 214 valence electrons. The Morgan fingerprint density at radius 3 is 2.62 bits per heavy atom. The van der Waals surface area contributed by atoms with Crippen LogP contribution in [0, 0.1) is 5.82 Å². The van der Waals surface area contributed by atoms with Gasteiger partial charge in [-0.3, -0.25) is 19.8 Å². The van der Waals surface area contributed by atoms with Crippen LogP contribution in [0.5, 0.6) is 0 Å². The fourth-order valence-electron chi connectivity index (χ4n) is 5.02. The molecule has 2 aliphatic rings. The number of methoxy groups -OCH3 is 1. The molecule has 1 saturated heterocycles. The van der Waals surface area contributed by atoms with E-state index in [1.54, 1.807) is 6.92 Å². The molecule has 3 N–H and O–H groups in total. The van der Waals surface area contributed by atoms with Crippen LogP contribution in [0.4, 0.5) is 25.4 Å². The summed E-state index contributed by atoms with van der Waals surface area (Å²) in [6, 6.07) is 7.69. The van der Waals surface area contributed by atoms with Crippen molar-refractivity contribution < 1.29 is 38.1 Å². The van der Waals surface area contributed by atoms with Crippen LogP contribution in [0.25, 0.3) is 0 Å². The van der Waals surface area contributed by atoms with Crippen LogP contribution >= 0.6 is 11.6 Å². The van der Waals surface area contributed by atoms with Crippen LogP contribution in [0.2, 0.25) is 5.02 Å². The molecule has 2 aromatic carbocycles. The largest absolute Gasteiger partial charge is 0.465 e. The Kier molecular flexibility index (Phi) is 8.50. The van der Waals surface area contributed by atoms with Gasteiger partial charge in [-0.25, -0.2) is 14.0 Å². The summed E-state index contributed by atoms with van der Waals surface area (Å²) in [5.41, 5.74) is -0.559. The number of fused-ring (bicyclic) bond motifs is 2. The van der Waals surface area contributed by atoms with Gasteiger partial charge in [0.15, 0.2) is 11.4 Å². The van der Waals surface area contributed by atoms with E-state index >= 15 is 4.39 Å². The Morgan fingerprint density at radius 2 is 1.98 bits per heavy atom. The molecule has 4 rings (SSSR count). The van der Waals surface area contributed by atoms with Crippen LogP contribution in [0.1, 0.15) is 42.1 Å². The highest BCUT2D eigenvalue weighted by Gasteiger charge is 2.49. The van der Waals surface area contributed by atoms with Gasteiger partial charge < -0.3 is 24.8 Å². The first-order valence-corrected chi connectivity index (χ1v) is 13.0. The SMILES string of the molecule is CO[C@@H](C)C[C@H](NC(=O)c1ccc(N(C)C(=O)O)cc1)C(=O)N1CCC[C@@]2(C1)OC(=O)Nc1ccc(Cl)c(F)c12. The van der Waals surface area contributed by atoms with Crippen LogP contribution in [-0.4, -0.2) is 73.4 Å². The fourth-order valence-corrected chi connectivity index (χ4v) is 5.18. The number of ether oxygens (including phenoxy) is 2. The van der Waals surface area contributed by atoms with Gasteiger partial charge in [0.1, 0.15) is 6.04 Å². The fraction of sp³-hybridized carbons (Fsp3) is 0.407. The summed E-state index contributed by atoms with van der Waals surface area (Å²) >= 11 is 6.05. The summed E-state index contributed by atoms with van der Waals surface area (Å²) in [5, 5.41) is 14.3. The summed E-state index contributed by atoms with van der Waals surface area (Å²) in [4.78, 5) is 53.0. The van der Waals surface area contributed by atoms with E-state index in [2.05, 4.69) is 10.6 Å². The van der Waals surface area contributed by atoms with Gasteiger partial charge >= 0.3 is 12.2 Å². The van der Waals surface area contributed by atoms with Gasteiger partial charge in [-0.05, 0) is 56.2 Å². The quantitative estimate of drug-likeness (QED) is 0.449. The monoisotopic (exact) mass is 576 g/mol. The first kappa shape index (κ1) is 29.1. The highest BCUT2D eigenvalue weighted by atomic mass is 35.5. The van der Waals surface area contributed by atoms with E-state index in [1.165, 1.54) is 55.5 Å². The van der Waals surface area contributed by atoms with Crippen molar-refractivity contribution in [3.8, 4) is 0 Å². The Hall–Kier alpha value is -3.90. The minimum Gasteiger partial charge on any atom is -0.465 e. The molecule has 1 spiro atoms. The number of nitrogens with zero attached hydrogens (tertiary/aromatic N) is 2. The number of amides is 4. The van der Waals surface area contributed by atoms with E-state index in [4.69, 9.17) is 26.2 Å². The average Bonchev–Trinajstić information content (AvgIpc) is 2.93. The Labute approximate surface area is 235 Å². The Balaban J connectivity index is 1.58. The normalized spacial score (nSPS) is 19.6. The Bertz CT molecular complexity index is 1320. The molecule has 0 unspecified atom stereocenters. The summed E-state index contributed by atoms with van der Waals surface area (Å²) < 4.78 is 26.2. The van der Waals surface area contributed by atoms with E-state index in [9.17, 15) is 19.2 Å². The predicted octanol–water partition coefficient (Wildman–Crippen LogP) is 4.20. The molecule has 0 saturated carbocycles. The maximum absolute atomic E-state index is 15.3. The molecular weight excluding hydrogens is 547 g/mol. The van der Waals surface area contributed by atoms with Crippen molar-refractivity contribution >= 4 is 47.0 Å². The Morgan fingerprint density at radius 1 is 1.27 bits per heavy atom. The maximum Gasteiger partial charge on any atom is 0.412 e. The molecule has 3 atom stereocenters. The molecule has 0 aliphatic carbocycles. The zero-order valence-electron chi connectivity index (χ0n) is 22.2. The second-order valence-corrected chi connectivity index (χ2v) is 10.3. The number of hydrogen-bond acceptors (Lipinski definition) is 6.